The van der Waals surface area contributed by atoms with Gasteiger partial charge in [0, 0.05) is 43.2 Å². The summed E-state index contributed by atoms with van der Waals surface area (Å²) in [5.74, 6) is 0.792. The molecule has 8 nitrogen and oxygen atoms in total. The number of anilines is 1. The van der Waals surface area contributed by atoms with Gasteiger partial charge in [0.05, 0.1) is 36.1 Å². The van der Waals surface area contributed by atoms with E-state index in [0.29, 0.717) is 23.7 Å². The van der Waals surface area contributed by atoms with Gasteiger partial charge in [0.2, 0.25) is 0 Å². The Kier molecular flexibility index (Phi) is 5.43. The van der Waals surface area contributed by atoms with Gasteiger partial charge in [-0.15, -0.1) is 0 Å². The maximum Gasteiger partial charge on any atom is 0.251 e. The van der Waals surface area contributed by atoms with Gasteiger partial charge in [-0.3, -0.25) is 4.79 Å². The molecule has 0 saturated carbocycles. The lowest BCUT2D eigenvalue weighted by Crippen LogP contribution is -2.38. The lowest BCUT2D eigenvalue weighted by Gasteiger charge is -2.29. The number of fused-ring (bicyclic) bond motifs is 3. The monoisotopic (exact) mass is 454 g/mol. The van der Waals surface area contributed by atoms with Gasteiger partial charge in [0.15, 0.2) is 5.82 Å². The molecule has 2 bridgehead atoms. The van der Waals surface area contributed by atoms with Crippen molar-refractivity contribution in [3.05, 3.63) is 72.8 Å². The van der Waals surface area contributed by atoms with E-state index in [4.69, 9.17) is 14.7 Å². The van der Waals surface area contributed by atoms with Crippen LogP contribution in [0.4, 0.5) is 5.82 Å². The van der Waals surface area contributed by atoms with Crippen LogP contribution in [0.15, 0.2) is 67.3 Å². The Bertz CT molecular complexity index is 1310. The van der Waals surface area contributed by atoms with Crippen molar-refractivity contribution in [2.75, 3.05) is 24.6 Å². The van der Waals surface area contributed by atoms with E-state index in [9.17, 15) is 4.79 Å². The average Bonchev–Trinajstić information content (AvgIpc) is 3.65. The predicted molar refractivity (Wildman–Crippen MR) is 130 cm³/mol. The van der Waals surface area contributed by atoms with Gasteiger partial charge in [0.25, 0.3) is 5.91 Å². The van der Waals surface area contributed by atoms with Crippen molar-refractivity contribution >= 4 is 22.8 Å². The number of carbonyl (C=O) groups excluding carboxylic acids is 1. The number of ether oxygens (including phenoxy) is 1. The van der Waals surface area contributed by atoms with Crippen LogP contribution < -0.4 is 10.2 Å². The molecule has 8 heteroatoms. The Morgan fingerprint density at radius 3 is 2.79 bits per heavy atom. The Morgan fingerprint density at radius 1 is 1.12 bits per heavy atom. The minimum atomic E-state index is -0.103. The summed E-state index contributed by atoms with van der Waals surface area (Å²) in [5, 5.41) is 3.00. The third-order valence-electron chi connectivity index (χ3n) is 6.57. The largest absolute Gasteiger partial charge is 0.374 e. The summed E-state index contributed by atoms with van der Waals surface area (Å²) in [6.07, 6.45) is 7.59. The lowest BCUT2D eigenvalue weighted by molar-refractivity contribution is 0.0952. The van der Waals surface area contributed by atoms with Crippen molar-refractivity contribution in [1.29, 1.82) is 0 Å². The number of carbonyl (C=O) groups is 1. The number of nitrogens with one attached hydrogen (secondary N) is 1. The molecule has 2 unspecified atom stereocenters. The minimum absolute atomic E-state index is 0.103. The number of morpholine rings is 1. The number of imidazole rings is 1. The highest BCUT2D eigenvalue weighted by molar-refractivity contribution is 5.98. The molecule has 2 atom stereocenters. The van der Waals surface area contributed by atoms with Crippen LogP contribution in [0.25, 0.3) is 22.3 Å². The van der Waals surface area contributed by atoms with Crippen molar-refractivity contribution in [1.82, 2.24) is 24.8 Å². The first-order valence-corrected chi connectivity index (χ1v) is 11.7. The van der Waals surface area contributed by atoms with E-state index >= 15 is 0 Å². The zero-order chi connectivity index (χ0) is 22.9. The van der Waals surface area contributed by atoms with Crippen LogP contribution in [0.2, 0.25) is 0 Å². The van der Waals surface area contributed by atoms with Crippen molar-refractivity contribution in [2.24, 2.45) is 0 Å². The van der Waals surface area contributed by atoms with E-state index in [1.54, 1.807) is 12.5 Å². The fourth-order valence-electron chi connectivity index (χ4n) is 4.82. The number of hydrogen-bond donors (Lipinski definition) is 1. The number of aromatic nitrogens is 4. The second kappa shape index (κ2) is 8.87. The summed E-state index contributed by atoms with van der Waals surface area (Å²) in [7, 11) is 0. The van der Waals surface area contributed by atoms with Gasteiger partial charge >= 0.3 is 0 Å². The fourth-order valence-corrected chi connectivity index (χ4v) is 4.82. The normalized spacial score (nSPS) is 19.1. The summed E-state index contributed by atoms with van der Waals surface area (Å²) < 4.78 is 7.80. The zero-order valence-electron chi connectivity index (χ0n) is 18.8. The molecule has 0 aliphatic carbocycles. The second-order valence-corrected chi connectivity index (χ2v) is 8.87. The predicted octanol–water partition coefficient (Wildman–Crippen LogP) is 3.29. The smallest absolute Gasteiger partial charge is 0.251 e. The van der Waals surface area contributed by atoms with Crippen LogP contribution in [0.3, 0.4) is 0 Å². The molecule has 2 aromatic carbocycles. The molecule has 6 rings (SSSR count). The molecule has 0 radical (unpaired) electrons. The van der Waals surface area contributed by atoms with Gasteiger partial charge in [-0.25, -0.2) is 15.0 Å². The van der Waals surface area contributed by atoms with Crippen LogP contribution in [0, 0.1) is 0 Å². The number of aryl methyl sites for hydroxylation is 1. The summed E-state index contributed by atoms with van der Waals surface area (Å²) in [4.78, 5) is 29.2. The summed E-state index contributed by atoms with van der Waals surface area (Å²) in [6, 6.07) is 16.0. The first kappa shape index (κ1) is 20.8. The molecule has 34 heavy (non-hydrogen) atoms. The average molecular weight is 455 g/mol. The molecule has 2 aliphatic rings. The zero-order valence-corrected chi connectivity index (χ0v) is 18.8. The Labute approximate surface area is 197 Å². The molecule has 172 valence electrons. The van der Waals surface area contributed by atoms with Gasteiger partial charge in [0.1, 0.15) is 5.69 Å². The molecular weight excluding hydrogens is 428 g/mol. The van der Waals surface area contributed by atoms with E-state index in [1.807, 2.05) is 47.2 Å². The molecule has 1 amide bonds. The van der Waals surface area contributed by atoms with E-state index in [-0.39, 0.29) is 12.0 Å². The first-order chi connectivity index (χ1) is 16.7. The summed E-state index contributed by atoms with van der Waals surface area (Å²) >= 11 is 0. The Morgan fingerprint density at radius 2 is 2.03 bits per heavy atom. The van der Waals surface area contributed by atoms with E-state index in [2.05, 4.69) is 27.3 Å². The highest BCUT2D eigenvalue weighted by Crippen LogP contribution is 2.37. The van der Waals surface area contributed by atoms with E-state index in [1.165, 1.54) is 0 Å². The Hall–Kier alpha value is -3.78. The van der Waals surface area contributed by atoms with Gasteiger partial charge < -0.3 is 19.5 Å². The van der Waals surface area contributed by atoms with Crippen LogP contribution in [0.5, 0.6) is 0 Å². The van der Waals surface area contributed by atoms with Crippen molar-refractivity contribution in [2.45, 2.75) is 31.5 Å². The van der Waals surface area contributed by atoms with Crippen LogP contribution in [-0.2, 0) is 11.3 Å². The third-order valence-corrected chi connectivity index (χ3v) is 6.57. The minimum Gasteiger partial charge on any atom is -0.374 e. The number of benzene rings is 2. The van der Waals surface area contributed by atoms with Crippen LogP contribution in [-0.4, -0.2) is 57.3 Å². The Balaban J connectivity index is 1.27. The molecule has 2 aliphatic heterocycles. The number of hydrogen-bond acceptors (Lipinski definition) is 6. The highest BCUT2D eigenvalue weighted by atomic mass is 16.5. The molecule has 1 N–H and O–H groups in total. The standard InChI is InChI=1S/C26H26N6O2/c33-26(28-9-4-11-31-12-10-27-17-31)19-7-8-22-23(13-19)29-24(18-5-2-1-3-6-18)25(30-22)32-15-21-14-20(32)16-34-21/h1-3,5-8,10,12-13,17,20-21H,4,9,11,14-16H2,(H,28,33). The first-order valence-electron chi connectivity index (χ1n) is 11.7. The maximum absolute atomic E-state index is 12.8. The molecule has 2 aromatic heterocycles. The van der Waals surface area contributed by atoms with Crippen molar-refractivity contribution < 1.29 is 9.53 Å². The van der Waals surface area contributed by atoms with Crippen LogP contribution in [0.1, 0.15) is 23.2 Å². The maximum atomic E-state index is 12.8. The number of rotatable bonds is 7. The van der Waals surface area contributed by atoms with E-state index < -0.39 is 0 Å². The van der Waals surface area contributed by atoms with Crippen LogP contribution >= 0.6 is 0 Å². The van der Waals surface area contributed by atoms with E-state index in [0.717, 1.165) is 55.1 Å². The number of amides is 1. The molecule has 4 aromatic rings. The van der Waals surface area contributed by atoms with Crippen molar-refractivity contribution in [3.63, 3.8) is 0 Å². The topological polar surface area (TPSA) is 85.2 Å². The number of nitrogens with zero attached hydrogens (tertiary/aromatic N) is 5. The van der Waals surface area contributed by atoms with Crippen molar-refractivity contribution in [3.8, 4) is 11.3 Å². The SMILES string of the molecule is O=C(NCCCn1ccnc1)c1ccc2nc(N3CC4CC3CO4)c(-c3ccccc3)nc2c1. The quantitative estimate of drug-likeness (QED) is 0.432. The fraction of sp³-hybridized carbons (Fsp3) is 0.308. The molecule has 2 fully saturated rings. The van der Waals surface area contributed by atoms with Gasteiger partial charge in [-0.2, -0.15) is 0 Å². The van der Waals surface area contributed by atoms with Gasteiger partial charge in [-0.05, 0) is 31.0 Å². The van der Waals surface area contributed by atoms with Gasteiger partial charge in [-0.1, -0.05) is 30.3 Å². The second-order valence-electron chi connectivity index (χ2n) is 8.87. The lowest BCUT2D eigenvalue weighted by atomic mass is 10.1. The summed E-state index contributed by atoms with van der Waals surface area (Å²) in [5.41, 5.74) is 3.96. The highest BCUT2D eigenvalue weighted by Gasteiger charge is 2.40. The molecular formula is C26H26N6O2. The molecule has 4 heterocycles. The molecule has 2 saturated heterocycles. The third kappa shape index (κ3) is 4.01. The molecule has 0 spiro atoms. The summed E-state index contributed by atoms with van der Waals surface area (Å²) in [6.45, 7) is 2.98.